The fraction of sp³-hybridized carbons (Fsp3) is 0.441. The number of fused-ring (bicyclic) bond motifs is 2. The maximum absolute atomic E-state index is 16.3. The van der Waals surface area contributed by atoms with Gasteiger partial charge in [0.15, 0.2) is 11.4 Å². The molecule has 6 rings (SSSR count). The quantitative estimate of drug-likeness (QED) is 0.289. The average molecular weight is 634 g/mol. The monoisotopic (exact) mass is 633 g/mol. The maximum atomic E-state index is 16.3. The lowest BCUT2D eigenvalue weighted by atomic mass is 9.82. The second-order valence-electron chi connectivity index (χ2n) is 12.9. The zero-order chi connectivity index (χ0) is 32.1. The zero-order valence-electron chi connectivity index (χ0n) is 26.1. The van der Waals surface area contributed by atoms with E-state index in [0.717, 1.165) is 12.0 Å². The minimum absolute atomic E-state index is 0.0794. The van der Waals surface area contributed by atoms with E-state index in [4.69, 9.17) is 9.47 Å². The number of aromatic nitrogens is 1. The van der Waals surface area contributed by atoms with Gasteiger partial charge in [-0.1, -0.05) is 37.3 Å². The number of aliphatic hydroxyl groups is 1. The first kappa shape index (κ1) is 31.2. The third-order valence-corrected chi connectivity index (χ3v) is 12.3. The van der Waals surface area contributed by atoms with Crippen LogP contribution in [0.5, 0.6) is 5.75 Å². The number of anilines is 1. The molecule has 238 valence electrons. The number of benzene rings is 2. The molecule has 1 N–H and O–H groups in total. The lowest BCUT2D eigenvalue weighted by molar-refractivity contribution is -0.150. The molecule has 2 fully saturated rings. The van der Waals surface area contributed by atoms with Gasteiger partial charge in [-0.15, -0.1) is 0 Å². The number of carbonyl (C=O) groups is 2. The van der Waals surface area contributed by atoms with Gasteiger partial charge in [-0.3, -0.25) is 19.0 Å². The Morgan fingerprint density at radius 2 is 1.89 bits per heavy atom. The number of carbonyl (C=O) groups excluding carboxylic acids is 2. The van der Waals surface area contributed by atoms with E-state index in [2.05, 4.69) is 0 Å². The Morgan fingerprint density at radius 1 is 1.13 bits per heavy atom. The standard InChI is InChI=1S/C34H40FN3O6Si/c1-22-31(45(3,4)35)29(19-30(40)36-16-8-12-25(36)21-39)44-34(22)26-18-24(37-17-9-13-28(43-2)32(37)41)14-15-27(26)38(33(34)42)20-23-10-6-5-7-11-23/h5-7,9-11,13-15,17-18,22,25,29,31,39H,8,12,16,19-21H2,1-4H3/t22-,25+,29+,31-,34+/m1/s1. The Kier molecular flexibility index (Phi) is 8.21. The topological polar surface area (TPSA) is 101 Å². The van der Waals surface area contributed by atoms with Gasteiger partial charge in [-0.25, -0.2) is 0 Å². The number of halogens is 1. The van der Waals surface area contributed by atoms with Gasteiger partial charge in [0.25, 0.3) is 11.5 Å². The molecule has 9 nitrogen and oxygen atoms in total. The SMILES string of the molecule is COc1cccn(-c2ccc3c(c2)[C@]2(O[C@@H](CC(=O)N4CCC[C@H]4CO)[C@H]([Si](C)(C)F)[C@H]2C)C(=O)N3Cc2ccccc2)c1=O. The van der Waals surface area contributed by atoms with Crippen molar-refractivity contribution in [2.24, 2.45) is 5.92 Å². The first-order chi connectivity index (χ1) is 21.5. The molecular formula is C34H40FN3O6Si. The summed E-state index contributed by atoms with van der Waals surface area (Å²) in [4.78, 5) is 44.9. The number of aliphatic hydroxyl groups excluding tert-OH is 1. The molecule has 0 aliphatic carbocycles. The van der Waals surface area contributed by atoms with Crippen molar-refractivity contribution in [2.75, 3.05) is 25.2 Å². The number of nitrogens with zero attached hydrogens (tertiary/aromatic N) is 3. The van der Waals surface area contributed by atoms with E-state index in [1.807, 2.05) is 43.3 Å². The average Bonchev–Trinajstić information content (AvgIpc) is 3.68. The van der Waals surface area contributed by atoms with Crippen LogP contribution in [-0.2, 0) is 26.5 Å². The molecule has 45 heavy (non-hydrogen) atoms. The summed E-state index contributed by atoms with van der Waals surface area (Å²) in [5.41, 5.74) is 0.0274. The number of pyridine rings is 1. The fourth-order valence-electron chi connectivity index (χ4n) is 7.78. The van der Waals surface area contributed by atoms with Gasteiger partial charge in [0, 0.05) is 35.5 Å². The van der Waals surface area contributed by atoms with Crippen LogP contribution in [0.1, 0.15) is 37.3 Å². The highest BCUT2D eigenvalue weighted by atomic mass is 28.4. The van der Waals surface area contributed by atoms with Crippen molar-refractivity contribution in [2.45, 2.75) is 69.1 Å². The molecule has 3 aromatic rings. The summed E-state index contributed by atoms with van der Waals surface area (Å²) < 4.78 is 29.9. The summed E-state index contributed by atoms with van der Waals surface area (Å²) in [7, 11) is -2.08. The minimum Gasteiger partial charge on any atom is -0.491 e. The number of amides is 2. The van der Waals surface area contributed by atoms with Crippen LogP contribution >= 0.6 is 0 Å². The van der Waals surface area contributed by atoms with Crippen LogP contribution in [0.15, 0.2) is 71.7 Å². The summed E-state index contributed by atoms with van der Waals surface area (Å²) in [6.07, 6.45) is 2.22. The third-order valence-electron chi connectivity index (χ3n) is 9.82. The van der Waals surface area contributed by atoms with Crippen LogP contribution in [0.2, 0.25) is 18.6 Å². The number of likely N-dealkylation sites (tertiary alicyclic amines) is 1. The highest BCUT2D eigenvalue weighted by molar-refractivity contribution is 6.72. The van der Waals surface area contributed by atoms with Gasteiger partial charge < -0.3 is 28.5 Å². The number of ether oxygens (including phenoxy) is 2. The molecule has 4 heterocycles. The van der Waals surface area contributed by atoms with Gasteiger partial charge in [0.05, 0.1) is 44.5 Å². The molecule has 2 saturated heterocycles. The van der Waals surface area contributed by atoms with Crippen molar-refractivity contribution in [3.8, 4) is 11.4 Å². The van der Waals surface area contributed by atoms with E-state index in [0.29, 0.717) is 29.9 Å². The molecule has 3 aliphatic rings. The summed E-state index contributed by atoms with van der Waals surface area (Å²) in [5.74, 6) is -0.936. The molecule has 11 heteroatoms. The first-order valence-electron chi connectivity index (χ1n) is 15.5. The zero-order valence-corrected chi connectivity index (χ0v) is 27.1. The normalized spacial score (nSPS) is 26.1. The van der Waals surface area contributed by atoms with E-state index in [9.17, 15) is 19.5 Å². The molecule has 0 unspecified atom stereocenters. The van der Waals surface area contributed by atoms with Crippen molar-refractivity contribution in [3.63, 3.8) is 0 Å². The molecule has 0 saturated carbocycles. The summed E-state index contributed by atoms with van der Waals surface area (Å²) in [6, 6.07) is 18.0. The van der Waals surface area contributed by atoms with Crippen LogP contribution in [0, 0.1) is 5.92 Å². The van der Waals surface area contributed by atoms with E-state index < -0.39 is 31.6 Å². The number of methoxy groups -OCH3 is 1. The van der Waals surface area contributed by atoms with Crippen LogP contribution < -0.4 is 15.2 Å². The van der Waals surface area contributed by atoms with Crippen molar-refractivity contribution >= 4 is 25.9 Å². The lowest BCUT2D eigenvalue weighted by Gasteiger charge is -2.31. The Morgan fingerprint density at radius 3 is 2.58 bits per heavy atom. The maximum Gasteiger partial charge on any atom is 0.297 e. The molecular weight excluding hydrogens is 593 g/mol. The predicted octanol–water partition coefficient (Wildman–Crippen LogP) is 4.54. The predicted molar refractivity (Wildman–Crippen MR) is 171 cm³/mol. The molecule has 3 aliphatic heterocycles. The second-order valence-corrected chi connectivity index (χ2v) is 16.7. The van der Waals surface area contributed by atoms with E-state index in [1.54, 1.807) is 53.4 Å². The van der Waals surface area contributed by atoms with Crippen molar-refractivity contribution in [1.82, 2.24) is 9.47 Å². The van der Waals surface area contributed by atoms with Crippen LogP contribution in [0.3, 0.4) is 0 Å². The Balaban J connectivity index is 1.47. The van der Waals surface area contributed by atoms with E-state index >= 15 is 4.11 Å². The fourth-order valence-corrected chi connectivity index (χ4v) is 10.3. The Hall–Kier alpha value is -3.80. The first-order valence-corrected chi connectivity index (χ1v) is 18.5. The van der Waals surface area contributed by atoms with Crippen molar-refractivity contribution < 1.29 is 28.3 Å². The summed E-state index contributed by atoms with van der Waals surface area (Å²) in [5, 5.41) is 9.84. The highest BCUT2D eigenvalue weighted by Crippen LogP contribution is 2.60. The summed E-state index contributed by atoms with van der Waals surface area (Å²) in [6.45, 7) is 5.75. The minimum atomic E-state index is -3.51. The Bertz CT molecular complexity index is 1660. The van der Waals surface area contributed by atoms with E-state index in [-0.39, 0.29) is 48.7 Å². The van der Waals surface area contributed by atoms with Gasteiger partial charge in [-0.05, 0) is 61.8 Å². The van der Waals surface area contributed by atoms with Crippen molar-refractivity contribution in [1.29, 1.82) is 0 Å². The highest BCUT2D eigenvalue weighted by Gasteiger charge is 2.67. The lowest BCUT2D eigenvalue weighted by Crippen LogP contribution is -2.45. The molecule has 1 spiro atoms. The second kappa shape index (κ2) is 11.8. The summed E-state index contributed by atoms with van der Waals surface area (Å²) >= 11 is 0. The van der Waals surface area contributed by atoms with Crippen LogP contribution in [0.25, 0.3) is 5.69 Å². The molecule has 1 aromatic heterocycles. The van der Waals surface area contributed by atoms with Gasteiger partial charge in [0.2, 0.25) is 14.3 Å². The number of hydrogen-bond acceptors (Lipinski definition) is 6. The van der Waals surface area contributed by atoms with E-state index in [1.165, 1.54) is 11.7 Å². The van der Waals surface area contributed by atoms with Gasteiger partial charge in [0.1, 0.15) is 0 Å². The van der Waals surface area contributed by atoms with Crippen molar-refractivity contribution in [3.05, 3.63) is 88.3 Å². The largest absolute Gasteiger partial charge is 0.491 e. The van der Waals surface area contributed by atoms with Gasteiger partial charge in [-0.2, -0.15) is 0 Å². The third kappa shape index (κ3) is 5.20. The number of hydrogen-bond donors (Lipinski definition) is 1. The van der Waals surface area contributed by atoms with Crippen LogP contribution in [0.4, 0.5) is 9.80 Å². The smallest absolute Gasteiger partial charge is 0.297 e. The number of rotatable bonds is 8. The van der Waals surface area contributed by atoms with Crippen LogP contribution in [-0.4, -0.2) is 67.2 Å². The Labute approximate surface area is 263 Å². The molecule has 0 bridgehead atoms. The molecule has 5 atom stereocenters. The molecule has 2 aromatic carbocycles. The molecule has 0 radical (unpaired) electrons. The van der Waals surface area contributed by atoms with Gasteiger partial charge >= 0.3 is 0 Å². The molecule has 2 amide bonds.